The Morgan fingerprint density at radius 1 is 1.59 bits per heavy atom. The SMILES string of the molecule is CC(CO)CCCNc1ccc([N+](=O)[O-])nc1. The lowest BCUT2D eigenvalue weighted by Crippen LogP contribution is -2.06. The van der Waals surface area contributed by atoms with Crippen LogP contribution in [0, 0.1) is 16.0 Å². The summed E-state index contributed by atoms with van der Waals surface area (Å²) in [6.45, 7) is 2.97. The molecule has 6 heteroatoms. The van der Waals surface area contributed by atoms with Gasteiger partial charge in [0.25, 0.3) is 0 Å². The summed E-state index contributed by atoms with van der Waals surface area (Å²) >= 11 is 0. The van der Waals surface area contributed by atoms with Gasteiger partial charge in [0.2, 0.25) is 0 Å². The molecule has 6 nitrogen and oxygen atoms in total. The largest absolute Gasteiger partial charge is 0.396 e. The molecule has 0 aliphatic rings. The quantitative estimate of drug-likeness (QED) is 0.430. The van der Waals surface area contributed by atoms with Crippen molar-refractivity contribution in [1.29, 1.82) is 0 Å². The van der Waals surface area contributed by atoms with Crippen molar-refractivity contribution in [2.75, 3.05) is 18.5 Å². The number of aliphatic hydroxyl groups is 1. The Morgan fingerprint density at radius 3 is 2.88 bits per heavy atom. The van der Waals surface area contributed by atoms with E-state index in [2.05, 4.69) is 10.3 Å². The van der Waals surface area contributed by atoms with Crippen LogP contribution in [0.5, 0.6) is 0 Å². The molecular formula is C11H17N3O3. The molecule has 0 aliphatic heterocycles. The monoisotopic (exact) mass is 239 g/mol. The lowest BCUT2D eigenvalue weighted by Gasteiger charge is -2.08. The zero-order chi connectivity index (χ0) is 12.7. The van der Waals surface area contributed by atoms with Gasteiger partial charge in [0.05, 0.1) is 5.69 Å². The van der Waals surface area contributed by atoms with E-state index >= 15 is 0 Å². The summed E-state index contributed by atoms with van der Waals surface area (Å²) in [5.74, 6) is 0.163. The molecule has 0 saturated heterocycles. The fourth-order valence-electron chi connectivity index (χ4n) is 1.37. The predicted molar refractivity (Wildman–Crippen MR) is 64.9 cm³/mol. The van der Waals surface area contributed by atoms with Crippen LogP contribution in [-0.2, 0) is 0 Å². The fraction of sp³-hybridized carbons (Fsp3) is 0.545. The van der Waals surface area contributed by atoms with E-state index in [1.54, 1.807) is 6.07 Å². The van der Waals surface area contributed by atoms with Gasteiger partial charge in [-0.3, -0.25) is 0 Å². The van der Waals surface area contributed by atoms with E-state index in [4.69, 9.17) is 5.11 Å². The predicted octanol–water partition coefficient (Wildman–Crippen LogP) is 1.81. The number of nitrogens with one attached hydrogen (secondary N) is 1. The molecule has 1 rings (SSSR count). The van der Waals surface area contributed by atoms with Crippen molar-refractivity contribution in [3.8, 4) is 0 Å². The molecule has 0 spiro atoms. The Labute approximate surface area is 99.8 Å². The van der Waals surface area contributed by atoms with Crippen molar-refractivity contribution >= 4 is 11.5 Å². The third kappa shape index (κ3) is 4.78. The summed E-state index contributed by atoms with van der Waals surface area (Å²) in [7, 11) is 0. The number of anilines is 1. The van der Waals surface area contributed by atoms with Crippen LogP contribution in [0.2, 0.25) is 0 Å². The normalized spacial score (nSPS) is 12.1. The minimum absolute atomic E-state index is 0.149. The van der Waals surface area contributed by atoms with Crippen LogP contribution in [-0.4, -0.2) is 28.2 Å². The smallest absolute Gasteiger partial charge is 0.363 e. The Bertz CT molecular complexity index is 353. The highest BCUT2D eigenvalue weighted by Gasteiger charge is 2.05. The summed E-state index contributed by atoms with van der Waals surface area (Å²) in [6, 6.07) is 3.01. The Morgan fingerprint density at radius 2 is 2.35 bits per heavy atom. The molecule has 0 fully saturated rings. The molecule has 2 N–H and O–H groups in total. The number of aliphatic hydroxyl groups excluding tert-OH is 1. The third-order valence-electron chi connectivity index (χ3n) is 2.45. The number of aromatic nitrogens is 1. The molecule has 0 saturated carbocycles. The molecular weight excluding hydrogens is 222 g/mol. The van der Waals surface area contributed by atoms with E-state index in [1.165, 1.54) is 12.3 Å². The average molecular weight is 239 g/mol. The number of rotatable bonds is 7. The first kappa shape index (κ1) is 13.4. The molecule has 0 aromatic carbocycles. The topological polar surface area (TPSA) is 88.3 Å². The van der Waals surface area contributed by atoms with Crippen molar-refractivity contribution in [2.45, 2.75) is 19.8 Å². The minimum Gasteiger partial charge on any atom is -0.396 e. The first-order chi connectivity index (χ1) is 8.13. The molecule has 0 aliphatic carbocycles. The number of hydrogen-bond donors (Lipinski definition) is 2. The van der Waals surface area contributed by atoms with Gasteiger partial charge in [0.15, 0.2) is 6.20 Å². The van der Waals surface area contributed by atoms with Crippen LogP contribution < -0.4 is 5.32 Å². The van der Waals surface area contributed by atoms with E-state index in [9.17, 15) is 10.1 Å². The summed E-state index contributed by atoms with van der Waals surface area (Å²) in [5.41, 5.74) is 0.771. The maximum atomic E-state index is 10.4. The Hall–Kier alpha value is -1.69. The van der Waals surface area contributed by atoms with Crippen LogP contribution >= 0.6 is 0 Å². The lowest BCUT2D eigenvalue weighted by molar-refractivity contribution is -0.389. The van der Waals surface area contributed by atoms with Gasteiger partial charge in [-0.25, -0.2) is 0 Å². The van der Waals surface area contributed by atoms with E-state index in [1.807, 2.05) is 6.92 Å². The van der Waals surface area contributed by atoms with Crippen LogP contribution in [0.3, 0.4) is 0 Å². The van der Waals surface area contributed by atoms with Crippen LogP contribution in [0.1, 0.15) is 19.8 Å². The van der Waals surface area contributed by atoms with Crippen LogP contribution in [0.25, 0.3) is 0 Å². The van der Waals surface area contributed by atoms with Crippen LogP contribution in [0.4, 0.5) is 11.5 Å². The highest BCUT2D eigenvalue weighted by Crippen LogP contribution is 2.12. The third-order valence-corrected chi connectivity index (χ3v) is 2.45. The lowest BCUT2D eigenvalue weighted by atomic mass is 10.1. The molecule has 94 valence electrons. The van der Waals surface area contributed by atoms with Crippen molar-refractivity contribution in [2.24, 2.45) is 5.92 Å². The van der Waals surface area contributed by atoms with Crippen molar-refractivity contribution in [3.05, 3.63) is 28.4 Å². The number of nitro groups is 1. The van der Waals surface area contributed by atoms with Gasteiger partial charge in [0, 0.05) is 19.2 Å². The molecule has 1 heterocycles. The first-order valence-electron chi connectivity index (χ1n) is 5.58. The fourth-order valence-corrected chi connectivity index (χ4v) is 1.37. The number of pyridine rings is 1. The van der Waals surface area contributed by atoms with Crippen molar-refractivity contribution < 1.29 is 10.0 Å². The second-order valence-electron chi connectivity index (χ2n) is 4.02. The van der Waals surface area contributed by atoms with Gasteiger partial charge in [-0.2, -0.15) is 0 Å². The zero-order valence-corrected chi connectivity index (χ0v) is 9.80. The molecule has 0 amide bonds. The maximum Gasteiger partial charge on any atom is 0.363 e. The maximum absolute atomic E-state index is 10.4. The summed E-state index contributed by atoms with van der Waals surface area (Å²) < 4.78 is 0. The summed E-state index contributed by atoms with van der Waals surface area (Å²) in [6.07, 6.45) is 3.34. The summed E-state index contributed by atoms with van der Waals surface area (Å²) in [4.78, 5) is 13.6. The van der Waals surface area contributed by atoms with Gasteiger partial charge in [-0.15, -0.1) is 0 Å². The van der Waals surface area contributed by atoms with Gasteiger partial charge in [-0.05, 0) is 34.7 Å². The van der Waals surface area contributed by atoms with Gasteiger partial charge >= 0.3 is 5.82 Å². The molecule has 0 bridgehead atoms. The van der Waals surface area contributed by atoms with Gasteiger partial charge < -0.3 is 20.5 Å². The van der Waals surface area contributed by atoms with Gasteiger partial charge in [0.1, 0.15) is 0 Å². The molecule has 1 unspecified atom stereocenters. The van der Waals surface area contributed by atoms with E-state index in [-0.39, 0.29) is 12.4 Å². The van der Waals surface area contributed by atoms with E-state index in [0.717, 1.165) is 25.1 Å². The Kier molecular flexibility index (Phi) is 5.35. The van der Waals surface area contributed by atoms with E-state index < -0.39 is 4.92 Å². The molecule has 1 aromatic heterocycles. The summed E-state index contributed by atoms with van der Waals surface area (Å²) in [5, 5.41) is 22.3. The average Bonchev–Trinajstić information content (AvgIpc) is 2.34. The number of nitrogens with zero attached hydrogens (tertiary/aromatic N) is 2. The highest BCUT2D eigenvalue weighted by molar-refractivity contribution is 5.43. The second kappa shape index (κ2) is 6.80. The first-order valence-corrected chi connectivity index (χ1v) is 5.58. The van der Waals surface area contributed by atoms with Crippen molar-refractivity contribution in [3.63, 3.8) is 0 Å². The number of hydrogen-bond acceptors (Lipinski definition) is 5. The second-order valence-corrected chi connectivity index (χ2v) is 4.02. The molecule has 17 heavy (non-hydrogen) atoms. The van der Waals surface area contributed by atoms with E-state index in [0.29, 0.717) is 5.92 Å². The highest BCUT2D eigenvalue weighted by atomic mass is 16.6. The molecule has 1 aromatic rings. The van der Waals surface area contributed by atoms with Gasteiger partial charge in [-0.1, -0.05) is 6.92 Å². The van der Waals surface area contributed by atoms with Crippen LogP contribution in [0.15, 0.2) is 18.3 Å². The molecule has 0 radical (unpaired) electrons. The van der Waals surface area contributed by atoms with Crippen molar-refractivity contribution in [1.82, 2.24) is 4.98 Å². The standard InChI is InChI=1S/C11H17N3O3/c1-9(8-15)3-2-6-12-10-4-5-11(13-7-10)14(16)17/h4-5,7,9,12,15H,2-3,6,8H2,1H3. The Balaban J connectivity index is 2.30. The zero-order valence-electron chi connectivity index (χ0n) is 9.80. The minimum atomic E-state index is -0.521. The molecule has 1 atom stereocenters.